The molecule has 1 atom stereocenters. The van der Waals surface area contributed by atoms with Crippen LogP contribution in [0.15, 0.2) is 24.3 Å². The van der Waals surface area contributed by atoms with E-state index in [0.29, 0.717) is 5.92 Å². The van der Waals surface area contributed by atoms with Crippen molar-refractivity contribution in [2.24, 2.45) is 11.7 Å². The van der Waals surface area contributed by atoms with E-state index in [2.05, 4.69) is 5.32 Å². The van der Waals surface area contributed by atoms with Gasteiger partial charge in [0.15, 0.2) is 0 Å². The fraction of sp³-hybridized carbons (Fsp3) is 0.500. The summed E-state index contributed by atoms with van der Waals surface area (Å²) >= 11 is 0. The monoisotopic (exact) mass is 286 g/mol. The minimum atomic E-state index is -4.45. The molecule has 3 nitrogen and oxygen atoms in total. The molecular formula is C14H17F3N2O. The van der Waals surface area contributed by atoms with Gasteiger partial charge in [-0.1, -0.05) is 6.07 Å². The lowest BCUT2D eigenvalue weighted by molar-refractivity contribution is -0.137. The number of nitrogens with two attached hydrogens (primary N) is 1. The van der Waals surface area contributed by atoms with Gasteiger partial charge in [-0.2, -0.15) is 13.2 Å². The zero-order valence-electron chi connectivity index (χ0n) is 11.1. The molecule has 0 heterocycles. The lowest BCUT2D eigenvalue weighted by atomic mass is 9.95. The van der Waals surface area contributed by atoms with Crippen LogP contribution in [0.5, 0.6) is 0 Å². The molecule has 0 aromatic heterocycles. The summed E-state index contributed by atoms with van der Waals surface area (Å²) < 4.78 is 37.9. The molecule has 1 amide bonds. The Kier molecular flexibility index (Phi) is 3.77. The molecule has 1 aromatic rings. The van der Waals surface area contributed by atoms with Gasteiger partial charge in [-0.15, -0.1) is 0 Å². The first-order chi connectivity index (χ1) is 9.26. The molecule has 0 saturated heterocycles. The van der Waals surface area contributed by atoms with E-state index in [1.165, 1.54) is 12.1 Å². The molecule has 0 radical (unpaired) electrons. The lowest BCUT2D eigenvalue weighted by Gasteiger charge is -2.29. The van der Waals surface area contributed by atoms with Crippen molar-refractivity contribution in [3.8, 4) is 0 Å². The summed E-state index contributed by atoms with van der Waals surface area (Å²) in [5.74, 6) is -0.210. The van der Waals surface area contributed by atoms with Gasteiger partial charge >= 0.3 is 6.18 Å². The van der Waals surface area contributed by atoms with Crippen LogP contribution >= 0.6 is 0 Å². The van der Waals surface area contributed by atoms with Gasteiger partial charge in [0.25, 0.3) is 5.91 Å². The summed E-state index contributed by atoms with van der Waals surface area (Å²) in [5.41, 5.74) is 4.30. The zero-order valence-corrected chi connectivity index (χ0v) is 11.1. The second-order valence-corrected chi connectivity index (χ2v) is 5.43. The van der Waals surface area contributed by atoms with E-state index < -0.39 is 23.2 Å². The minimum absolute atomic E-state index is 0.000139. The molecule has 1 aliphatic rings. The van der Waals surface area contributed by atoms with Crippen molar-refractivity contribution in [3.63, 3.8) is 0 Å². The number of benzene rings is 1. The average molecular weight is 286 g/mol. The Labute approximate surface area is 115 Å². The third kappa shape index (κ3) is 3.12. The number of halogens is 3. The van der Waals surface area contributed by atoms with Crippen LogP contribution in [0.1, 0.15) is 35.7 Å². The van der Waals surface area contributed by atoms with Gasteiger partial charge in [0.05, 0.1) is 11.1 Å². The molecule has 20 heavy (non-hydrogen) atoms. The highest BCUT2D eigenvalue weighted by Gasteiger charge is 2.41. The van der Waals surface area contributed by atoms with Gasteiger partial charge in [0.2, 0.25) is 0 Å². The van der Waals surface area contributed by atoms with Crippen molar-refractivity contribution < 1.29 is 18.0 Å². The van der Waals surface area contributed by atoms with E-state index in [1.807, 2.05) is 6.92 Å². The lowest BCUT2D eigenvalue weighted by Crippen LogP contribution is -2.53. The first kappa shape index (κ1) is 14.8. The first-order valence-electron chi connectivity index (χ1n) is 6.46. The Balaban J connectivity index is 2.17. The second kappa shape index (κ2) is 5.09. The standard InChI is InChI=1S/C14H17F3N2O/c1-13(8-18,10-5-6-10)19-12(20)9-3-2-4-11(7-9)14(15,16)17/h2-4,7,10H,5-6,8,18H2,1H3,(H,19,20). The Bertz CT molecular complexity index is 511. The maximum Gasteiger partial charge on any atom is 0.416 e. The van der Waals surface area contributed by atoms with Crippen LogP contribution in [0.3, 0.4) is 0 Å². The van der Waals surface area contributed by atoms with Crippen LogP contribution in [-0.2, 0) is 6.18 Å². The van der Waals surface area contributed by atoms with E-state index in [0.717, 1.165) is 25.0 Å². The van der Waals surface area contributed by atoms with Crippen LogP contribution in [0.4, 0.5) is 13.2 Å². The van der Waals surface area contributed by atoms with E-state index in [1.54, 1.807) is 0 Å². The number of carbonyl (C=O) groups excluding carboxylic acids is 1. The minimum Gasteiger partial charge on any atom is -0.345 e. The predicted octanol–water partition coefficient (Wildman–Crippen LogP) is 2.56. The molecule has 1 fully saturated rings. The predicted molar refractivity (Wildman–Crippen MR) is 69.1 cm³/mol. The molecule has 110 valence electrons. The third-order valence-electron chi connectivity index (χ3n) is 3.75. The SMILES string of the molecule is CC(CN)(NC(=O)c1cccc(C(F)(F)F)c1)C1CC1. The number of hydrogen-bond donors (Lipinski definition) is 2. The first-order valence-corrected chi connectivity index (χ1v) is 6.46. The second-order valence-electron chi connectivity index (χ2n) is 5.43. The van der Waals surface area contributed by atoms with Crippen LogP contribution in [0.25, 0.3) is 0 Å². The molecule has 0 aliphatic heterocycles. The number of carbonyl (C=O) groups is 1. The molecule has 1 aromatic carbocycles. The van der Waals surface area contributed by atoms with Gasteiger partial charge in [0.1, 0.15) is 0 Å². The summed E-state index contributed by atoms with van der Waals surface area (Å²) in [6.45, 7) is 2.10. The molecule has 1 saturated carbocycles. The van der Waals surface area contributed by atoms with Gasteiger partial charge in [0, 0.05) is 12.1 Å². The van der Waals surface area contributed by atoms with E-state index >= 15 is 0 Å². The van der Waals surface area contributed by atoms with Crippen molar-refractivity contribution in [2.75, 3.05) is 6.54 Å². The number of nitrogens with one attached hydrogen (secondary N) is 1. The normalized spacial score (nSPS) is 18.4. The Morgan fingerprint density at radius 2 is 2.05 bits per heavy atom. The van der Waals surface area contributed by atoms with Crippen molar-refractivity contribution in [3.05, 3.63) is 35.4 Å². The summed E-state index contributed by atoms with van der Waals surface area (Å²) in [6.07, 6.45) is -2.49. The Morgan fingerprint density at radius 3 is 2.55 bits per heavy atom. The molecule has 0 bridgehead atoms. The van der Waals surface area contributed by atoms with Crippen LogP contribution in [0.2, 0.25) is 0 Å². The molecule has 1 unspecified atom stereocenters. The summed E-state index contributed by atoms with van der Waals surface area (Å²) in [5, 5.41) is 2.77. The fourth-order valence-electron chi connectivity index (χ4n) is 2.21. The summed E-state index contributed by atoms with van der Waals surface area (Å²) in [7, 11) is 0. The van der Waals surface area contributed by atoms with E-state index in [-0.39, 0.29) is 12.1 Å². The van der Waals surface area contributed by atoms with Crippen molar-refractivity contribution in [1.82, 2.24) is 5.32 Å². The average Bonchev–Trinajstić information content (AvgIpc) is 3.22. The Hall–Kier alpha value is -1.56. The van der Waals surface area contributed by atoms with Crippen LogP contribution < -0.4 is 11.1 Å². The highest BCUT2D eigenvalue weighted by molar-refractivity contribution is 5.95. The highest BCUT2D eigenvalue weighted by atomic mass is 19.4. The van der Waals surface area contributed by atoms with E-state index in [9.17, 15) is 18.0 Å². The van der Waals surface area contributed by atoms with E-state index in [4.69, 9.17) is 5.73 Å². The smallest absolute Gasteiger partial charge is 0.345 e. The molecule has 0 spiro atoms. The molecule has 6 heteroatoms. The summed E-state index contributed by atoms with van der Waals surface area (Å²) in [4.78, 5) is 12.1. The Morgan fingerprint density at radius 1 is 1.40 bits per heavy atom. The number of hydrogen-bond acceptors (Lipinski definition) is 2. The van der Waals surface area contributed by atoms with Gasteiger partial charge < -0.3 is 11.1 Å². The molecular weight excluding hydrogens is 269 g/mol. The maximum absolute atomic E-state index is 12.6. The quantitative estimate of drug-likeness (QED) is 0.893. The molecule has 3 N–H and O–H groups in total. The van der Waals surface area contributed by atoms with Crippen molar-refractivity contribution in [2.45, 2.75) is 31.5 Å². The molecule has 2 rings (SSSR count). The van der Waals surface area contributed by atoms with Crippen molar-refractivity contribution >= 4 is 5.91 Å². The van der Waals surface area contributed by atoms with Gasteiger partial charge in [-0.25, -0.2) is 0 Å². The number of amides is 1. The highest BCUT2D eigenvalue weighted by Crippen LogP contribution is 2.39. The maximum atomic E-state index is 12.6. The zero-order chi connectivity index (χ0) is 15.0. The number of alkyl halides is 3. The van der Waals surface area contributed by atoms with Crippen LogP contribution in [0, 0.1) is 5.92 Å². The van der Waals surface area contributed by atoms with Crippen molar-refractivity contribution in [1.29, 1.82) is 0 Å². The van der Waals surface area contributed by atoms with Gasteiger partial charge in [-0.05, 0) is 43.9 Å². The van der Waals surface area contributed by atoms with Crippen LogP contribution in [-0.4, -0.2) is 18.0 Å². The van der Waals surface area contributed by atoms with Gasteiger partial charge in [-0.3, -0.25) is 4.79 Å². The largest absolute Gasteiger partial charge is 0.416 e. The third-order valence-corrected chi connectivity index (χ3v) is 3.75. The summed E-state index contributed by atoms with van der Waals surface area (Å²) in [6, 6.07) is 4.40. The fourth-order valence-corrected chi connectivity index (χ4v) is 2.21. The molecule has 1 aliphatic carbocycles. The number of rotatable bonds is 4. The topological polar surface area (TPSA) is 55.1 Å².